The summed E-state index contributed by atoms with van der Waals surface area (Å²) in [6.07, 6.45) is 3.63. The third-order valence-electron chi connectivity index (χ3n) is 5.36. The van der Waals surface area contributed by atoms with Crippen molar-refractivity contribution in [1.29, 1.82) is 0 Å². The van der Waals surface area contributed by atoms with Crippen LogP contribution in [0.15, 0.2) is 67.1 Å². The fraction of sp³-hybridized carbons (Fsp3) is 0.167. The fourth-order valence-electron chi connectivity index (χ4n) is 3.58. The molecule has 0 unspecified atom stereocenters. The molecule has 0 bridgehead atoms. The lowest BCUT2D eigenvalue weighted by Crippen LogP contribution is -2.45. The summed E-state index contributed by atoms with van der Waals surface area (Å²) in [5.74, 6) is 0.190. The van der Waals surface area contributed by atoms with Crippen LogP contribution < -0.4 is 15.4 Å². The monoisotopic (exact) mass is 427 g/mol. The topological polar surface area (TPSA) is 97.6 Å². The Labute approximate surface area is 184 Å². The third-order valence-corrected chi connectivity index (χ3v) is 5.36. The maximum Gasteiger partial charge on any atom is 0.268 e. The minimum Gasteiger partial charge on any atom is -0.476 e. The van der Waals surface area contributed by atoms with Crippen LogP contribution in [0.4, 0.5) is 11.4 Å². The van der Waals surface area contributed by atoms with E-state index < -0.39 is 5.60 Å². The van der Waals surface area contributed by atoms with Gasteiger partial charge in [-0.1, -0.05) is 24.3 Å². The molecule has 32 heavy (non-hydrogen) atoms. The van der Waals surface area contributed by atoms with Crippen molar-refractivity contribution in [2.75, 3.05) is 10.6 Å². The Kier molecular flexibility index (Phi) is 4.62. The molecule has 0 aliphatic carbocycles. The third kappa shape index (κ3) is 3.78. The predicted octanol–water partition coefficient (Wildman–Crippen LogP) is 3.69. The summed E-state index contributed by atoms with van der Waals surface area (Å²) in [6, 6.07) is 17.0. The standard InChI is InChI=1S/C24H21N5O3/c1-24(2)23(31)28-19-8-7-18(13-20(19)32-24)27-22(30)11-15-3-5-16(6-4-15)17-9-10-29-21(12-17)25-14-26-29/h3-10,12-14H,11H2,1-2H3,(H,27,30)(H,28,31). The Morgan fingerprint density at radius 3 is 2.72 bits per heavy atom. The molecule has 2 amide bonds. The Morgan fingerprint density at radius 2 is 1.91 bits per heavy atom. The molecule has 3 heterocycles. The Balaban J connectivity index is 1.26. The maximum atomic E-state index is 12.6. The fourth-order valence-corrected chi connectivity index (χ4v) is 3.58. The van der Waals surface area contributed by atoms with Crippen LogP contribution >= 0.6 is 0 Å². The Morgan fingerprint density at radius 1 is 1.09 bits per heavy atom. The molecule has 2 N–H and O–H groups in total. The van der Waals surface area contributed by atoms with Gasteiger partial charge in [-0.25, -0.2) is 9.50 Å². The zero-order valence-corrected chi connectivity index (χ0v) is 17.6. The molecule has 8 nitrogen and oxygen atoms in total. The number of hydrogen-bond donors (Lipinski definition) is 2. The van der Waals surface area contributed by atoms with Crippen molar-refractivity contribution in [2.24, 2.45) is 0 Å². The molecule has 0 saturated carbocycles. The molecule has 0 saturated heterocycles. The summed E-state index contributed by atoms with van der Waals surface area (Å²) in [5.41, 5.74) is 3.99. The van der Waals surface area contributed by atoms with Crippen molar-refractivity contribution in [1.82, 2.24) is 14.6 Å². The highest BCUT2D eigenvalue weighted by Crippen LogP contribution is 2.35. The van der Waals surface area contributed by atoms with E-state index in [2.05, 4.69) is 20.7 Å². The summed E-state index contributed by atoms with van der Waals surface area (Å²) in [5, 5.41) is 9.81. The van der Waals surface area contributed by atoms with E-state index in [1.807, 2.05) is 42.6 Å². The maximum absolute atomic E-state index is 12.6. The number of hydrogen-bond acceptors (Lipinski definition) is 5. The van der Waals surface area contributed by atoms with E-state index in [1.165, 1.54) is 6.33 Å². The average molecular weight is 427 g/mol. The molecular formula is C24H21N5O3. The van der Waals surface area contributed by atoms with Gasteiger partial charge >= 0.3 is 0 Å². The number of benzene rings is 2. The molecule has 5 rings (SSSR count). The number of nitrogens with zero attached hydrogens (tertiary/aromatic N) is 3. The van der Waals surface area contributed by atoms with Gasteiger partial charge in [0.1, 0.15) is 12.1 Å². The van der Waals surface area contributed by atoms with E-state index in [1.54, 1.807) is 36.6 Å². The molecule has 2 aromatic carbocycles. The minimum absolute atomic E-state index is 0.137. The number of carbonyl (C=O) groups is 2. The number of pyridine rings is 1. The normalized spacial score (nSPS) is 14.4. The van der Waals surface area contributed by atoms with Crippen LogP contribution in [-0.2, 0) is 16.0 Å². The predicted molar refractivity (Wildman–Crippen MR) is 121 cm³/mol. The molecule has 8 heteroatoms. The van der Waals surface area contributed by atoms with Crippen LogP contribution in [0, 0.1) is 0 Å². The summed E-state index contributed by atoms with van der Waals surface area (Å²) in [6.45, 7) is 3.40. The largest absolute Gasteiger partial charge is 0.476 e. The molecule has 2 aromatic heterocycles. The van der Waals surface area contributed by atoms with Crippen molar-refractivity contribution in [3.05, 3.63) is 72.7 Å². The highest BCUT2D eigenvalue weighted by atomic mass is 16.5. The lowest BCUT2D eigenvalue weighted by atomic mass is 10.0. The number of ether oxygens (including phenoxy) is 1. The van der Waals surface area contributed by atoms with Crippen LogP contribution in [0.25, 0.3) is 16.8 Å². The van der Waals surface area contributed by atoms with Crippen LogP contribution in [0.3, 0.4) is 0 Å². The summed E-state index contributed by atoms with van der Waals surface area (Å²) >= 11 is 0. The van der Waals surface area contributed by atoms with Crippen molar-refractivity contribution >= 4 is 28.8 Å². The quantitative estimate of drug-likeness (QED) is 0.518. The molecule has 0 atom stereocenters. The van der Waals surface area contributed by atoms with Gasteiger partial charge in [-0.15, -0.1) is 0 Å². The van der Waals surface area contributed by atoms with Gasteiger partial charge in [0.2, 0.25) is 5.91 Å². The van der Waals surface area contributed by atoms with Gasteiger partial charge in [-0.3, -0.25) is 9.59 Å². The van der Waals surface area contributed by atoms with Crippen molar-refractivity contribution in [3.8, 4) is 16.9 Å². The number of rotatable bonds is 4. The van der Waals surface area contributed by atoms with Crippen molar-refractivity contribution in [2.45, 2.75) is 25.9 Å². The lowest BCUT2D eigenvalue weighted by Gasteiger charge is -2.31. The Hall–Kier alpha value is -4.20. The Bertz CT molecular complexity index is 1340. The number of fused-ring (bicyclic) bond motifs is 2. The molecule has 1 aliphatic rings. The zero-order valence-electron chi connectivity index (χ0n) is 17.6. The second-order valence-corrected chi connectivity index (χ2v) is 8.18. The molecule has 4 aromatic rings. The van der Waals surface area contributed by atoms with E-state index in [-0.39, 0.29) is 18.2 Å². The van der Waals surface area contributed by atoms with Crippen LogP contribution in [0.2, 0.25) is 0 Å². The number of aromatic nitrogens is 3. The second kappa shape index (κ2) is 7.49. The van der Waals surface area contributed by atoms with E-state index in [0.717, 1.165) is 22.3 Å². The van der Waals surface area contributed by atoms with Gasteiger partial charge in [0, 0.05) is 18.0 Å². The van der Waals surface area contributed by atoms with Crippen LogP contribution in [-0.4, -0.2) is 32.0 Å². The van der Waals surface area contributed by atoms with Gasteiger partial charge in [-0.05, 0) is 54.8 Å². The first-order valence-electron chi connectivity index (χ1n) is 10.2. The molecule has 0 fully saturated rings. The van der Waals surface area contributed by atoms with E-state index >= 15 is 0 Å². The lowest BCUT2D eigenvalue weighted by molar-refractivity contribution is -0.129. The molecular weight excluding hydrogens is 406 g/mol. The number of amides is 2. The molecule has 0 radical (unpaired) electrons. The SMILES string of the molecule is CC1(C)Oc2cc(NC(=O)Cc3ccc(-c4ccn5ncnc5c4)cc3)ccc2NC1=O. The average Bonchev–Trinajstić information content (AvgIpc) is 3.23. The van der Waals surface area contributed by atoms with Gasteiger partial charge in [0.15, 0.2) is 11.2 Å². The summed E-state index contributed by atoms with van der Waals surface area (Å²) < 4.78 is 7.49. The number of nitrogens with one attached hydrogen (secondary N) is 2. The van der Waals surface area contributed by atoms with Gasteiger partial charge in [0.05, 0.1) is 12.1 Å². The first-order chi connectivity index (χ1) is 15.4. The van der Waals surface area contributed by atoms with Crippen LogP contribution in [0.5, 0.6) is 5.75 Å². The van der Waals surface area contributed by atoms with Gasteiger partial charge < -0.3 is 15.4 Å². The van der Waals surface area contributed by atoms with E-state index in [0.29, 0.717) is 17.1 Å². The molecule has 1 aliphatic heterocycles. The van der Waals surface area contributed by atoms with Crippen molar-refractivity contribution < 1.29 is 14.3 Å². The summed E-state index contributed by atoms with van der Waals surface area (Å²) in [4.78, 5) is 28.8. The van der Waals surface area contributed by atoms with Gasteiger partial charge in [0.25, 0.3) is 5.91 Å². The first-order valence-corrected chi connectivity index (χ1v) is 10.2. The number of anilines is 2. The summed E-state index contributed by atoms with van der Waals surface area (Å²) in [7, 11) is 0. The highest BCUT2D eigenvalue weighted by Gasteiger charge is 2.35. The van der Waals surface area contributed by atoms with E-state index in [4.69, 9.17) is 4.74 Å². The smallest absolute Gasteiger partial charge is 0.268 e. The first kappa shape index (κ1) is 19.7. The highest BCUT2D eigenvalue weighted by molar-refractivity contribution is 6.01. The van der Waals surface area contributed by atoms with Gasteiger partial charge in [-0.2, -0.15) is 5.10 Å². The molecule has 160 valence electrons. The van der Waals surface area contributed by atoms with Crippen molar-refractivity contribution in [3.63, 3.8) is 0 Å². The minimum atomic E-state index is -0.962. The number of carbonyl (C=O) groups excluding carboxylic acids is 2. The molecule has 0 spiro atoms. The van der Waals surface area contributed by atoms with Crippen LogP contribution in [0.1, 0.15) is 19.4 Å². The van der Waals surface area contributed by atoms with E-state index in [9.17, 15) is 9.59 Å². The zero-order chi connectivity index (χ0) is 22.3. The second-order valence-electron chi connectivity index (χ2n) is 8.18.